The summed E-state index contributed by atoms with van der Waals surface area (Å²) >= 11 is 5.77. The monoisotopic (exact) mass is 297 g/mol. The Labute approximate surface area is 117 Å². The second-order valence-electron chi connectivity index (χ2n) is 3.70. The molecule has 0 fully saturated rings. The van der Waals surface area contributed by atoms with Crippen LogP contribution in [0.3, 0.4) is 0 Å². The van der Waals surface area contributed by atoms with Crippen molar-refractivity contribution in [3.8, 4) is 5.75 Å². The summed E-state index contributed by atoms with van der Waals surface area (Å²) in [6.45, 7) is -0.172. The lowest BCUT2D eigenvalue weighted by Gasteiger charge is -2.05. The number of carbonyl (C=O) groups is 1. The minimum atomic E-state index is -1.47. The summed E-state index contributed by atoms with van der Waals surface area (Å²) in [7, 11) is 0. The number of aromatic nitrogens is 2. The molecule has 9 heteroatoms. The number of carboxylic acid groups (broad SMARTS) is 1. The maximum atomic E-state index is 10.8. The fourth-order valence-corrected chi connectivity index (χ4v) is 1.64. The fraction of sp³-hybridized carbons (Fsp3) is 0.0909. The number of nitrogens with zero attached hydrogens (tertiary/aromatic N) is 3. The highest BCUT2D eigenvalue weighted by atomic mass is 35.5. The van der Waals surface area contributed by atoms with Crippen LogP contribution in [-0.2, 0) is 6.73 Å². The van der Waals surface area contributed by atoms with Crippen molar-refractivity contribution in [1.82, 2.24) is 9.78 Å². The van der Waals surface area contributed by atoms with Crippen LogP contribution >= 0.6 is 11.6 Å². The number of ether oxygens (including phenoxy) is 1. The fourth-order valence-electron chi connectivity index (χ4n) is 1.46. The van der Waals surface area contributed by atoms with Gasteiger partial charge in [-0.15, -0.1) is 0 Å². The molecule has 0 aliphatic heterocycles. The summed E-state index contributed by atoms with van der Waals surface area (Å²) in [5.74, 6) is -1.04. The normalized spacial score (nSPS) is 10.2. The molecular weight excluding hydrogens is 290 g/mol. The molecule has 0 unspecified atom stereocenters. The summed E-state index contributed by atoms with van der Waals surface area (Å²) in [4.78, 5) is 20.7. The Balaban J connectivity index is 2.16. The van der Waals surface area contributed by atoms with E-state index in [1.807, 2.05) is 0 Å². The lowest BCUT2D eigenvalue weighted by molar-refractivity contribution is -0.385. The van der Waals surface area contributed by atoms with Crippen molar-refractivity contribution in [2.45, 2.75) is 6.73 Å². The third kappa shape index (κ3) is 3.04. The highest BCUT2D eigenvalue weighted by molar-refractivity contribution is 6.30. The number of benzene rings is 1. The molecular formula is C11H8ClN3O5. The van der Waals surface area contributed by atoms with E-state index in [1.54, 1.807) is 24.3 Å². The van der Waals surface area contributed by atoms with Crippen molar-refractivity contribution in [3.05, 3.63) is 51.3 Å². The Morgan fingerprint density at radius 1 is 1.55 bits per heavy atom. The van der Waals surface area contributed by atoms with Crippen molar-refractivity contribution < 1.29 is 19.6 Å². The SMILES string of the molecule is O=C(O)c1nn(COc2cccc(Cl)c2)cc1[N+](=O)[O-]. The summed E-state index contributed by atoms with van der Waals surface area (Å²) in [5.41, 5.74) is -1.23. The first-order valence-electron chi connectivity index (χ1n) is 5.31. The third-order valence-electron chi connectivity index (χ3n) is 2.30. The molecule has 104 valence electrons. The molecule has 0 saturated heterocycles. The number of halogens is 1. The van der Waals surface area contributed by atoms with Gasteiger partial charge in [0.15, 0.2) is 6.73 Å². The van der Waals surface area contributed by atoms with E-state index < -0.39 is 22.3 Å². The minimum absolute atomic E-state index is 0.172. The van der Waals surface area contributed by atoms with Gasteiger partial charge in [-0.2, -0.15) is 5.10 Å². The average Bonchev–Trinajstić information content (AvgIpc) is 2.81. The second-order valence-corrected chi connectivity index (χ2v) is 4.13. The van der Waals surface area contributed by atoms with Crippen molar-refractivity contribution >= 4 is 23.3 Å². The van der Waals surface area contributed by atoms with Gasteiger partial charge in [0.1, 0.15) is 11.9 Å². The van der Waals surface area contributed by atoms with Crippen LogP contribution in [0, 0.1) is 10.1 Å². The van der Waals surface area contributed by atoms with E-state index in [2.05, 4.69) is 5.10 Å². The molecule has 0 atom stereocenters. The molecule has 2 aromatic rings. The van der Waals surface area contributed by atoms with Crippen LogP contribution in [-0.4, -0.2) is 25.8 Å². The average molecular weight is 298 g/mol. The van der Waals surface area contributed by atoms with E-state index in [0.717, 1.165) is 10.9 Å². The van der Waals surface area contributed by atoms with Gasteiger partial charge in [-0.1, -0.05) is 17.7 Å². The van der Waals surface area contributed by atoms with Crippen LogP contribution in [0.5, 0.6) is 5.75 Å². The number of hydrogen-bond acceptors (Lipinski definition) is 5. The number of hydrogen-bond donors (Lipinski definition) is 1. The predicted molar refractivity (Wildman–Crippen MR) is 67.9 cm³/mol. The first-order valence-corrected chi connectivity index (χ1v) is 5.68. The Morgan fingerprint density at radius 3 is 2.85 bits per heavy atom. The van der Waals surface area contributed by atoms with E-state index >= 15 is 0 Å². The third-order valence-corrected chi connectivity index (χ3v) is 2.54. The molecule has 20 heavy (non-hydrogen) atoms. The zero-order chi connectivity index (χ0) is 14.7. The van der Waals surface area contributed by atoms with E-state index in [0.29, 0.717) is 10.8 Å². The molecule has 0 saturated carbocycles. The van der Waals surface area contributed by atoms with Crippen molar-refractivity contribution in [2.24, 2.45) is 0 Å². The van der Waals surface area contributed by atoms with Crippen LogP contribution in [0.4, 0.5) is 5.69 Å². The lowest BCUT2D eigenvalue weighted by Crippen LogP contribution is -2.07. The molecule has 0 bridgehead atoms. The summed E-state index contributed by atoms with van der Waals surface area (Å²) < 4.78 is 6.33. The lowest BCUT2D eigenvalue weighted by atomic mass is 10.3. The van der Waals surface area contributed by atoms with Gasteiger partial charge in [0.25, 0.3) is 0 Å². The zero-order valence-electron chi connectivity index (χ0n) is 9.89. The molecule has 0 spiro atoms. The predicted octanol–water partition coefficient (Wildman–Crippen LogP) is 2.18. The van der Waals surface area contributed by atoms with E-state index in [9.17, 15) is 14.9 Å². The second kappa shape index (κ2) is 5.57. The molecule has 0 aliphatic carbocycles. The van der Waals surface area contributed by atoms with Crippen LogP contribution in [0.15, 0.2) is 30.5 Å². The van der Waals surface area contributed by atoms with Gasteiger partial charge >= 0.3 is 11.7 Å². The Morgan fingerprint density at radius 2 is 2.30 bits per heavy atom. The van der Waals surface area contributed by atoms with Gasteiger partial charge < -0.3 is 9.84 Å². The molecule has 2 rings (SSSR count). The number of carboxylic acids is 1. The maximum absolute atomic E-state index is 10.8. The van der Waals surface area contributed by atoms with Gasteiger partial charge in [0.05, 0.1) is 4.92 Å². The minimum Gasteiger partial charge on any atom is -0.476 e. The summed E-state index contributed by atoms with van der Waals surface area (Å²) in [6, 6.07) is 6.53. The van der Waals surface area contributed by atoms with Crippen molar-refractivity contribution in [3.63, 3.8) is 0 Å². The summed E-state index contributed by atoms with van der Waals surface area (Å²) in [5, 5.41) is 23.6. The molecule has 1 aromatic carbocycles. The molecule has 8 nitrogen and oxygen atoms in total. The highest BCUT2D eigenvalue weighted by Crippen LogP contribution is 2.19. The largest absolute Gasteiger partial charge is 0.476 e. The maximum Gasteiger partial charge on any atom is 0.363 e. The molecule has 1 heterocycles. The van der Waals surface area contributed by atoms with E-state index in [4.69, 9.17) is 21.4 Å². The molecule has 0 aliphatic rings. The quantitative estimate of drug-likeness (QED) is 0.669. The van der Waals surface area contributed by atoms with Crippen molar-refractivity contribution in [2.75, 3.05) is 0 Å². The number of nitro groups is 1. The van der Waals surface area contributed by atoms with Crippen LogP contribution in [0.1, 0.15) is 10.5 Å². The van der Waals surface area contributed by atoms with Gasteiger partial charge in [-0.05, 0) is 18.2 Å². The van der Waals surface area contributed by atoms with Crippen LogP contribution in [0.25, 0.3) is 0 Å². The first kappa shape index (κ1) is 13.8. The van der Waals surface area contributed by atoms with Gasteiger partial charge in [-0.25, -0.2) is 9.48 Å². The van der Waals surface area contributed by atoms with E-state index in [1.165, 1.54) is 0 Å². The molecule has 1 aromatic heterocycles. The molecule has 1 N–H and O–H groups in total. The number of rotatable bonds is 5. The smallest absolute Gasteiger partial charge is 0.363 e. The Kier molecular flexibility index (Phi) is 3.85. The van der Waals surface area contributed by atoms with Gasteiger partial charge in [0, 0.05) is 5.02 Å². The molecule has 0 amide bonds. The van der Waals surface area contributed by atoms with Crippen LogP contribution < -0.4 is 4.74 Å². The van der Waals surface area contributed by atoms with Gasteiger partial charge in [-0.3, -0.25) is 10.1 Å². The topological polar surface area (TPSA) is 107 Å². The number of aromatic carboxylic acids is 1. The Hall–Kier alpha value is -2.61. The first-order chi connectivity index (χ1) is 9.47. The summed E-state index contributed by atoms with van der Waals surface area (Å²) in [6.07, 6.45) is 0.994. The zero-order valence-corrected chi connectivity index (χ0v) is 10.6. The van der Waals surface area contributed by atoms with E-state index in [-0.39, 0.29) is 6.73 Å². The highest BCUT2D eigenvalue weighted by Gasteiger charge is 2.25. The van der Waals surface area contributed by atoms with Gasteiger partial charge in [0.2, 0.25) is 5.69 Å². The van der Waals surface area contributed by atoms with Crippen molar-refractivity contribution in [1.29, 1.82) is 0 Å². The standard InChI is InChI=1S/C11H8ClN3O5/c12-7-2-1-3-8(4-7)20-6-14-5-9(15(18)19)10(13-14)11(16)17/h1-5H,6H2,(H,16,17). The molecule has 0 radical (unpaired) electrons. The van der Waals surface area contributed by atoms with Crippen LogP contribution in [0.2, 0.25) is 5.02 Å². The Bertz CT molecular complexity index is 638.